The van der Waals surface area contributed by atoms with Crippen LogP contribution in [0.2, 0.25) is 0 Å². The number of halogens is 1. The van der Waals surface area contributed by atoms with Crippen molar-refractivity contribution in [2.24, 2.45) is 5.92 Å². The lowest BCUT2D eigenvalue weighted by molar-refractivity contribution is -0.141. The van der Waals surface area contributed by atoms with Crippen LogP contribution in [-0.4, -0.2) is 20.9 Å². The van der Waals surface area contributed by atoms with Gasteiger partial charge in [0.15, 0.2) is 0 Å². The number of nitrogens with zero attached hydrogens (tertiary/aromatic N) is 2. The lowest BCUT2D eigenvalue weighted by Crippen LogP contribution is -2.16. The van der Waals surface area contributed by atoms with E-state index >= 15 is 0 Å². The number of hydrogen-bond acceptors (Lipinski definition) is 2. The van der Waals surface area contributed by atoms with Gasteiger partial charge in [-0.05, 0) is 18.2 Å². The molecule has 0 saturated heterocycles. The van der Waals surface area contributed by atoms with Crippen molar-refractivity contribution in [2.75, 3.05) is 0 Å². The molecule has 0 aliphatic rings. The van der Waals surface area contributed by atoms with Crippen LogP contribution in [-0.2, 0) is 11.3 Å². The van der Waals surface area contributed by atoms with E-state index in [1.54, 1.807) is 19.2 Å². The molecule has 1 N–H and O–H groups in total. The molecule has 0 aliphatic carbocycles. The van der Waals surface area contributed by atoms with E-state index in [1.165, 1.54) is 16.8 Å². The minimum absolute atomic E-state index is 0.283. The fraction of sp³-hybridized carbons (Fsp3) is 0.273. The maximum Gasteiger partial charge on any atom is 0.308 e. The summed E-state index contributed by atoms with van der Waals surface area (Å²) in [6, 6.07) is 4.29. The second-order valence-corrected chi connectivity index (χ2v) is 3.79. The maximum atomic E-state index is 12.9. The van der Waals surface area contributed by atoms with E-state index in [-0.39, 0.29) is 12.4 Å². The summed E-state index contributed by atoms with van der Waals surface area (Å²) in [6.45, 7) is 1.89. The molecule has 0 spiro atoms. The molecule has 0 bridgehead atoms. The molecule has 0 fully saturated rings. The van der Waals surface area contributed by atoms with Gasteiger partial charge in [-0.1, -0.05) is 6.92 Å². The molecule has 84 valence electrons. The van der Waals surface area contributed by atoms with E-state index in [2.05, 4.69) is 5.10 Å². The first-order chi connectivity index (χ1) is 7.56. The number of fused-ring (bicyclic) bond motifs is 1. The van der Waals surface area contributed by atoms with Crippen LogP contribution in [0.15, 0.2) is 24.4 Å². The van der Waals surface area contributed by atoms with Gasteiger partial charge in [-0.2, -0.15) is 5.10 Å². The Morgan fingerprint density at radius 2 is 2.38 bits per heavy atom. The molecule has 0 amide bonds. The number of carbonyl (C=O) groups is 1. The number of rotatable bonds is 3. The van der Waals surface area contributed by atoms with Gasteiger partial charge in [-0.3, -0.25) is 9.48 Å². The van der Waals surface area contributed by atoms with Crippen LogP contribution in [0.3, 0.4) is 0 Å². The molecule has 2 rings (SSSR count). The molecule has 0 saturated carbocycles. The van der Waals surface area contributed by atoms with Gasteiger partial charge in [0.1, 0.15) is 5.82 Å². The van der Waals surface area contributed by atoms with Gasteiger partial charge in [-0.25, -0.2) is 4.39 Å². The van der Waals surface area contributed by atoms with Crippen LogP contribution in [0, 0.1) is 11.7 Å². The highest BCUT2D eigenvalue weighted by Gasteiger charge is 2.12. The highest BCUT2D eigenvalue weighted by Crippen LogP contribution is 2.14. The molecular weight excluding hydrogens is 211 g/mol. The molecule has 1 aromatic carbocycles. The van der Waals surface area contributed by atoms with Crippen LogP contribution < -0.4 is 0 Å². The van der Waals surface area contributed by atoms with Crippen LogP contribution in [0.1, 0.15) is 6.92 Å². The Balaban J connectivity index is 2.29. The van der Waals surface area contributed by atoms with Crippen molar-refractivity contribution >= 4 is 16.9 Å². The van der Waals surface area contributed by atoms with E-state index in [4.69, 9.17) is 5.11 Å². The largest absolute Gasteiger partial charge is 0.481 e. The first-order valence-electron chi connectivity index (χ1n) is 4.92. The fourth-order valence-corrected chi connectivity index (χ4v) is 1.50. The van der Waals surface area contributed by atoms with Gasteiger partial charge in [0.05, 0.1) is 18.0 Å². The third-order valence-corrected chi connectivity index (χ3v) is 2.40. The van der Waals surface area contributed by atoms with Crippen molar-refractivity contribution in [3.63, 3.8) is 0 Å². The van der Waals surface area contributed by atoms with Crippen LogP contribution >= 0.6 is 0 Å². The van der Waals surface area contributed by atoms with Crippen molar-refractivity contribution in [1.29, 1.82) is 0 Å². The Morgan fingerprint density at radius 3 is 3.06 bits per heavy atom. The van der Waals surface area contributed by atoms with E-state index in [1.807, 2.05) is 0 Å². The topological polar surface area (TPSA) is 55.1 Å². The standard InChI is InChI=1S/C11H11FN2O2/c1-7(11(15)16)5-14-6-8-4-9(12)2-3-10(8)13-14/h2-4,6-7H,5H2,1H3,(H,15,16). The van der Waals surface area contributed by atoms with E-state index < -0.39 is 11.9 Å². The average molecular weight is 222 g/mol. The zero-order valence-electron chi connectivity index (χ0n) is 8.72. The van der Waals surface area contributed by atoms with Crippen molar-refractivity contribution in [1.82, 2.24) is 9.78 Å². The molecular formula is C11H11FN2O2. The minimum atomic E-state index is -0.870. The predicted octanol–water partition coefficient (Wildman–Crippen LogP) is 1.90. The SMILES string of the molecule is CC(Cn1cc2cc(F)ccc2n1)C(=O)O. The Labute approximate surface area is 91.3 Å². The van der Waals surface area contributed by atoms with Crippen molar-refractivity contribution in [2.45, 2.75) is 13.5 Å². The Kier molecular flexibility index (Phi) is 2.60. The second kappa shape index (κ2) is 3.92. The number of carboxylic acid groups (broad SMARTS) is 1. The van der Waals surface area contributed by atoms with E-state index in [0.29, 0.717) is 10.9 Å². The Bertz CT molecular complexity index is 536. The lowest BCUT2D eigenvalue weighted by atomic mass is 10.2. The zero-order chi connectivity index (χ0) is 11.7. The van der Waals surface area contributed by atoms with Gasteiger partial charge in [0.2, 0.25) is 0 Å². The van der Waals surface area contributed by atoms with Crippen molar-refractivity contribution in [3.8, 4) is 0 Å². The van der Waals surface area contributed by atoms with Gasteiger partial charge in [0, 0.05) is 11.6 Å². The quantitative estimate of drug-likeness (QED) is 0.862. The first kappa shape index (κ1) is 10.6. The third kappa shape index (κ3) is 2.03. The number of hydrogen-bond donors (Lipinski definition) is 1. The van der Waals surface area contributed by atoms with Crippen LogP contribution in [0.5, 0.6) is 0 Å². The lowest BCUT2D eigenvalue weighted by Gasteiger charge is -2.04. The van der Waals surface area contributed by atoms with Crippen LogP contribution in [0.25, 0.3) is 10.9 Å². The van der Waals surface area contributed by atoms with E-state index in [0.717, 1.165) is 0 Å². The number of aromatic nitrogens is 2. The summed E-state index contributed by atoms with van der Waals surface area (Å²) >= 11 is 0. The number of aliphatic carboxylic acids is 1. The summed E-state index contributed by atoms with van der Waals surface area (Å²) in [6.07, 6.45) is 1.65. The smallest absolute Gasteiger partial charge is 0.308 e. The summed E-state index contributed by atoms with van der Waals surface area (Å²) in [7, 11) is 0. The van der Waals surface area contributed by atoms with Crippen LogP contribution in [0.4, 0.5) is 4.39 Å². The van der Waals surface area contributed by atoms with Gasteiger partial charge >= 0.3 is 5.97 Å². The highest BCUT2D eigenvalue weighted by atomic mass is 19.1. The number of carboxylic acids is 1. The molecule has 1 heterocycles. The molecule has 1 aromatic heterocycles. The van der Waals surface area contributed by atoms with Gasteiger partial charge in [-0.15, -0.1) is 0 Å². The molecule has 1 unspecified atom stereocenters. The fourth-order valence-electron chi connectivity index (χ4n) is 1.50. The molecule has 4 nitrogen and oxygen atoms in total. The first-order valence-corrected chi connectivity index (χ1v) is 4.92. The Hall–Kier alpha value is -1.91. The third-order valence-electron chi connectivity index (χ3n) is 2.40. The molecule has 1 atom stereocenters. The van der Waals surface area contributed by atoms with Crippen molar-refractivity contribution in [3.05, 3.63) is 30.2 Å². The summed E-state index contributed by atoms with van der Waals surface area (Å²) in [5.74, 6) is -1.71. The predicted molar refractivity (Wildman–Crippen MR) is 56.5 cm³/mol. The molecule has 0 radical (unpaired) electrons. The maximum absolute atomic E-state index is 12.9. The molecule has 16 heavy (non-hydrogen) atoms. The van der Waals surface area contributed by atoms with Gasteiger partial charge < -0.3 is 5.11 Å². The number of benzene rings is 1. The highest BCUT2D eigenvalue weighted by molar-refractivity contribution is 5.78. The summed E-state index contributed by atoms with van der Waals surface area (Å²) in [5, 5.41) is 13.6. The van der Waals surface area contributed by atoms with Crippen molar-refractivity contribution < 1.29 is 14.3 Å². The summed E-state index contributed by atoms with van der Waals surface area (Å²) < 4.78 is 14.4. The average Bonchev–Trinajstić information content (AvgIpc) is 2.58. The minimum Gasteiger partial charge on any atom is -0.481 e. The van der Waals surface area contributed by atoms with Gasteiger partial charge in [0.25, 0.3) is 0 Å². The Morgan fingerprint density at radius 1 is 1.62 bits per heavy atom. The summed E-state index contributed by atoms with van der Waals surface area (Å²) in [4.78, 5) is 10.7. The summed E-state index contributed by atoms with van der Waals surface area (Å²) in [5.41, 5.74) is 0.666. The molecule has 0 aliphatic heterocycles. The molecule has 2 aromatic rings. The monoisotopic (exact) mass is 222 g/mol. The van der Waals surface area contributed by atoms with E-state index in [9.17, 15) is 9.18 Å². The normalized spacial score (nSPS) is 12.9. The second-order valence-electron chi connectivity index (χ2n) is 3.79. The zero-order valence-corrected chi connectivity index (χ0v) is 8.72. The molecule has 5 heteroatoms.